The number of rotatable bonds is 9. The highest BCUT2D eigenvalue weighted by Crippen LogP contribution is 1.89. The molecule has 0 saturated heterocycles. The summed E-state index contributed by atoms with van der Waals surface area (Å²) >= 11 is 0. The first-order valence-corrected chi connectivity index (χ1v) is 5.50. The van der Waals surface area contributed by atoms with E-state index in [4.69, 9.17) is 10.5 Å². The van der Waals surface area contributed by atoms with E-state index < -0.39 is 5.91 Å². The van der Waals surface area contributed by atoms with E-state index in [1.165, 1.54) is 0 Å². The summed E-state index contributed by atoms with van der Waals surface area (Å²) < 4.78 is 5.31. The molecule has 2 amide bonds. The quantitative estimate of drug-likeness (QED) is 0.441. The van der Waals surface area contributed by atoms with Crippen molar-refractivity contribution in [3.8, 4) is 0 Å². The molecule has 0 radical (unpaired) electrons. The van der Waals surface area contributed by atoms with E-state index in [9.17, 15) is 9.59 Å². The van der Waals surface area contributed by atoms with Crippen LogP contribution in [-0.2, 0) is 14.3 Å². The van der Waals surface area contributed by atoms with Gasteiger partial charge in [0.15, 0.2) is 0 Å². The number of primary amides is 1. The van der Waals surface area contributed by atoms with E-state index in [0.29, 0.717) is 13.2 Å². The van der Waals surface area contributed by atoms with Crippen molar-refractivity contribution >= 4 is 11.8 Å². The second kappa shape index (κ2) is 10.2. The molecule has 0 aromatic rings. The first-order chi connectivity index (χ1) is 7.66. The maximum atomic E-state index is 11.0. The molecule has 5 nitrogen and oxygen atoms in total. The second-order valence-corrected chi connectivity index (χ2v) is 3.35. The minimum atomic E-state index is -0.627. The van der Waals surface area contributed by atoms with Crippen molar-refractivity contribution in [2.45, 2.75) is 26.2 Å². The van der Waals surface area contributed by atoms with Crippen molar-refractivity contribution in [2.75, 3.05) is 19.8 Å². The molecule has 0 heterocycles. The molecule has 0 aromatic carbocycles. The molecule has 0 saturated carbocycles. The van der Waals surface area contributed by atoms with Crippen LogP contribution in [0.25, 0.3) is 0 Å². The average Bonchev–Trinajstić information content (AvgIpc) is 2.25. The zero-order chi connectivity index (χ0) is 12.2. The summed E-state index contributed by atoms with van der Waals surface area (Å²) in [5.74, 6) is -0.939. The molecule has 0 spiro atoms. The number of nitrogens with one attached hydrogen (secondary N) is 1. The van der Waals surface area contributed by atoms with Gasteiger partial charge in [-0.25, -0.2) is 0 Å². The third kappa shape index (κ3) is 10.7. The van der Waals surface area contributed by atoms with Crippen LogP contribution in [0.2, 0.25) is 0 Å². The number of hydrogen-bond acceptors (Lipinski definition) is 3. The number of nitrogens with two attached hydrogens (primary N) is 1. The Hall–Kier alpha value is -1.36. The van der Waals surface area contributed by atoms with Crippen LogP contribution in [0.15, 0.2) is 12.2 Å². The maximum Gasteiger partial charge on any atom is 0.244 e. The minimum Gasteiger partial charge on any atom is -0.381 e. The SMILES string of the molecule is CCCCOCCCNC(=O)/C=C\C(N)=O. The molecular weight excluding hydrogens is 208 g/mol. The predicted octanol–water partition coefficient (Wildman–Crippen LogP) is 0.351. The number of carbonyl (C=O) groups is 2. The maximum absolute atomic E-state index is 11.0. The van der Waals surface area contributed by atoms with E-state index in [2.05, 4.69) is 12.2 Å². The second-order valence-electron chi connectivity index (χ2n) is 3.35. The lowest BCUT2D eigenvalue weighted by Gasteiger charge is -2.03. The summed E-state index contributed by atoms with van der Waals surface area (Å²) in [6, 6.07) is 0. The van der Waals surface area contributed by atoms with E-state index >= 15 is 0 Å². The monoisotopic (exact) mass is 228 g/mol. The van der Waals surface area contributed by atoms with Gasteiger partial charge in [-0.15, -0.1) is 0 Å². The average molecular weight is 228 g/mol. The molecule has 0 fully saturated rings. The normalized spacial score (nSPS) is 10.6. The summed E-state index contributed by atoms with van der Waals surface area (Å²) in [6.07, 6.45) is 5.11. The van der Waals surface area contributed by atoms with Gasteiger partial charge in [-0.3, -0.25) is 9.59 Å². The number of hydrogen-bond donors (Lipinski definition) is 2. The van der Waals surface area contributed by atoms with Crippen molar-refractivity contribution in [2.24, 2.45) is 5.73 Å². The number of carbonyl (C=O) groups excluding carboxylic acids is 2. The molecule has 92 valence electrons. The summed E-state index contributed by atoms with van der Waals surface area (Å²) in [5.41, 5.74) is 4.84. The van der Waals surface area contributed by atoms with Crippen LogP contribution in [0.5, 0.6) is 0 Å². The largest absolute Gasteiger partial charge is 0.381 e. The molecule has 16 heavy (non-hydrogen) atoms. The van der Waals surface area contributed by atoms with Gasteiger partial charge in [0, 0.05) is 31.9 Å². The van der Waals surface area contributed by atoms with Crippen molar-refractivity contribution < 1.29 is 14.3 Å². The molecule has 0 aliphatic rings. The van der Waals surface area contributed by atoms with Gasteiger partial charge in [-0.1, -0.05) is 13.3 Å². The van der Waals surface area contributed by atoms with Gasteiger partial charge >= 0.3 is 0 Å². The highest BCUT2D eigenvalue weighted by Gasteiger charge is 1.95. The van der Waals surface area contributed by atoms with Crippen molar-refractivity contribution in [3.05, 3.63) is 12.2 Å². The van der Waals surface area contributed by atoms with E-state index in [-0.39, 0.29) is 5.91 Å². The van der Waals surface area contributed by atoms with Crippen molar-refractivity contribution in [3.63, 3.8) is 0 Å². The van der Waals surface area contributed by atoms with Crippen molar-refractivity contribution in [1.82, 2.24) is 5.32 Å². The van der Waals surface area contributed by atoms with Gasteiger partial charge < -0.3 is 15.8 Å². The van der Waals surface area contributed by atoms with Crippen LogP contribution in [0.1, 0.15) is 26.2 Å². The molecule has 0 unspecified atom stereocenters. The molecule has 0 rings (SSSR count). The lowest BCUT2D eigenvalue weighted by Crippen LogP contribution is -2.23. The van der Waals surface area contributed by atoms with Gasteiger partial charge in [0.05, 0.1) is 0 Å². The highest BCUT2D eigenvalue weighted by molar-refractivity contribution is 5.95. The Morgan fingerprint density at radius 2 is 1.94 bits per heavy atom. The third-order valence-corrected chi connectivity index (χ3v) is 1.81. The Labute approximate surface area is 96.0 Å². The first-order valence-electron chi connectivity index (χ1n) is 5.50. The zero-order valence-electron chi connectivity index (χ0n) is 9.70. The summed E-state index contributed by atoms with van der Waals surface area (Å²) in [6.45, 7) is 4.05. The molecule has 0 bridgehead atoms. The molecule has 0 aliphatic heterocycles. The van der Waals surface area contributed by atoms with E-state index in [1.807, 2.05) is 0 Å². The first kappa shape index (κ1) is 14.6. The number of unbranched alkanes of at least 4 members (excludes halogenated alkanes) is 1. The fraction of sp³-hybridized carbons (Fsp3) is 0.636. The van der Waals surface area contributed by atoms with E-state index in [0.717, 1.165) is 38.0 Å². The highest BCUT2D eigenvalue weighted by atomic mass is 16.5. The Morgan fingerprint density at radius 3 is 2.56 bits per heavy atom. The molecule has 0 aliphatic carbocycles. The zero-order valence-corrected chi connectivity index (χ0v) is 9.70. The lowest BCUT2D eigenvalue weighted by molar-refractivity contribution is -0.117. The van der Waals surface area contributed by atoms with Crippen LogP contribution in [0.3, 0.4) is 0 Å². The Balaban J connectivity index is 3.31. The van der Waals surface area contributed by atoms with Gasteiger partial charge in [-0.2, -0.15) is 0 Å². The summed E-state index contributed by atoms with van der Waals surface area (Å²) in [4.78, 5) is 21.4. The van der Waals surface area contributed by atoms with Crippen LogP contribution in [-0.4, -0.2) is 31.6 Å². The van der Waals surface area contributed by atoms with Crippen LogP contribution in [0.4, 0.5) is 0 Å². The number of ether oxygens (including phenoxy) is 1. The Bertz CT molecular complexity index is 239. The fourth-order valence-electron chi connectivity index (χ4n) is 0.951. The Morgan fingerprint density at radius 1 is 1.25 bits per heavy atom. The molecule has 3 N–H and O–H groups in total. The molecule has 5 heteroatoms. The molecule has 0 atom stereocenters. The predicted molar refractivity (Wildman–Crippen MR) is 61.7 cm³/mol. The summed E-state index contributed by atoms with van der Waals surface area (Å²) in [7, 11) is 0. The topological polar surface area (TPSA) is 81.4 Å². The Kier molecular flexibility index (Phi) is 9.30. The van der Waals surface area contributed by atoms with Gasteiger partial charge in [0.2, 0.25) is 11.8 Å². The van der Waals surface area contributed by atoms with Gasteiger partial charge in [-0.05, 0) is 12.8 Å². The van der Waals surface area contributed by atoms with Gasteiger partial charge in [0.1, 0.15) is 0 Å². The van der Waals surface area contributed by atoms with Crippen LogP contribution >= 0.6 is 0 Å². The van der Waals surface area contributed by atoms with Crippen LogP contribution < -0.4 is 11.1 Å². The minimum absolute atomic E-state index is 0.313. The van der Waals surface area contributed by atoms with Crippen molar-refractivity contribution in [1.29, 1.82) is 0 Å². The number of amides is 2. The molecular formula is C11H20N2O3. The van der Waals surface area contributed by atoms with Gasteiger partial charge in [0.25, 0.3) is 0 Å². The third-order valence-electron chi connectivity index (χ3n) is 1.81. The smallest absolute Gasteiger partial charge is 0.244 e. The standard InChI is InChI=1S/C11H20N2O3/c1-2-3-8-16-9-4-7-13-11(15)6-5-10(12)14/h5-6H,2-4,7-9H2,1H3,(H2,12,14)(H,13,15)/b6-5-. The fourth-order valence-corrected chi connectivity index (χ4v) is 0.951. The summed E-state index contributed by atoms with van der Waals surface area (Å²) in [5, 5.41) is 2.62. The lowest BCUT2D eigenvalue weighted by atomic mass is 10.3. The molecule has 0 aromatic heterocycles. The van der Waals surface area contributed by atoms with E-state index in [1.54, 1.807) is 0 Å². The van der Waals surface area contributed by atoms with Crippen LogP contribution in [0, 0.1) is 0 Å².